The summed E-state index contributed by atoms with van der Waals surface area (Å²) in [6, 6.07) is 10.6. The monoisotopic (exact) mass is 1530 g/mol. The molecule has 1 aromatic carbocycles. The molecule has 0 aliphatic carbocycles. The molecule has 43 nitrogen and oxygen atoms in total. The van der Waals surface area contributed by atoms with E-state index in [0.717, 1.165) is 5.56 Å². The van der Waals surface area contributed by atoms with Crippen LogP contribution in [0.25, 0.3) is 0 Å². The van der Waals surface area contributed by atoms with Gasteiger partial charge in [0.2, 0.25) is 0 Å². The maximum atomic E-state index is 11.8. The topological polar surface area (TPSA) is 674 Å². The van der Waals surface area contributed by atoms with Crippen molar-refractivity contribution in [2.45, 2.75) is 264 Å². The molecule has 2 aromatic rings. The van der Waals surface area contributed by atoms with E-state index in [4.69, 9.17) is 75.8 Å². The molecule has 31 heterocycles. The molecule has 594 valence electrons. The number of pyridine rings is 1. The van der Waals surface area contributed by atoms with Gasteiger partial charge in [0.15, 0.2) is 69.3 Å². The summed E-state index contributed by atoms with van der Waals surface area (Å²) in [6.07, 6.45) is -77.8. The van der Waals surface area contributed by atoms with Crippen molar-refractivity contribution in [2.75, 3.05) is 46.2 Å². The Kier molecular flexibility index (Phi) is 28.7. The average molecular weight is 1530 g/mol. The van der Waals surface area contributed by atoms with Crippen LogP contribution in [0.1, 0.15) is 5.56 Å². The molecule has 0 amide bonds. The van der Waals surface area contributed by atoms with E-state index >= 15 is 0 Å². The fourth-order valence-corrected chi connectivity index (χ4v) is 13.8. The lowest BCUT2D eigenvalue weighted by Gasteiger charge is -2.50. The molecule has 30 aliphatic heterocycles. The zero-order valence-electron chi connectivity index (χ0n) is 54.8. The molecule has 30 saturated heterocycles. The Hall–Kier alpha value is -3.28. The number of hydrogen-bond donors (Lipinski definition) is 23. The lowest BCUT2D eigenvalue weighted by atomic mass is 9.94. The van der Waals surface area contributed by atoms with Gasteiger partial charge in [-0.25, -0.2) is 13.0 Å². The quantitative estimate of drug-likeness (QED) is 0.0776. The third-order valence-electron chi connectivity index (χ3n) is 19.2. The number of aromatic nitrogens is 1. The molecule has 23 N–H and O–H groups in total. The van der Waals surface area contributed by atoms with Crippen molar-refractivity contribution < 1.29 is 211 Å². The van der Waals surface area contributed by atoms with Gasteiger partial charge in [-0.05, 0) is 19.1 Å². The van der Waals surface area contributed by atoms with E-state index in [9.17, 15) is 130 Å². The van der Waals surface area contributed by atoms with Crippen LogP contribution in [0.2, 0.25) is 0 Å². The van der Waals surface area contributed by atoms with Crippen LogP contribution in [-0.4, -0.2) is 422 Å². The van der Waals surface area contributed by atoms with Crippen molar-refractivity contribution in [3.05, 3.63) is 60.4 Å². The van der Waals surface area contributed by atoms with Gasteiger partial charge in [0.1, 0.15) is 205 Å². The zero-order chi connectivity index (χ0) is 75.7. The molecule has 0 saturated carbocycles. The third-order valence-corrected chi connectivity index (χ3v) is 20.0. The molecule has 44 heteroatoms. The van der Waals surface area contributed by atoms with Crippen molar-refractivity contribution in [1.82, 2.24) is 0 Å². The Bertz CT molecular complexity index is 3060. The van der Waals surface area contributed by atoms with Gasteiger partial charge in [0.05, 0.1) is 51.1 Å². The highest BCUT2D eigenvalue weighted by Gasteiger charge is 2.61. The second-order valence-electron chi connectivity index (χ2n) is 26.1. The van der Waals surface area contributed by atoms with Crippen LogP contribution in [0.4, 0.5) is 0 Å². The average Bonchev–Trinajstić information content (AvgIpc) is 0.774. The Morgan fingerprint density at radius 1 is 0.288 bits per heavy atom. The van der Waals surface area contributed by atoms with Crippen LogP contribution in [0.15, 0.2) is 59.8 Å². The van der Waals surface area contributed by atoms with Gasteiger partial charge in [-0.1, -0.05) is 23.8 Å². The second-order valence-corrected chi connectivity index (χ2v) is 27.5. The smallest absolute Gasteiger partial charge is 0.187 e. The van der Waals surface area contributed by atoms with Gasteiger partial charge in [0.25, 0.3) is 0 Å². The highest BCUT2D eigenvalue weighted by atomic mass is 32.2. The number of hydrogen-bond acceptors (Lipinski definition) is 42. The van der Waals surface area contributed by atoms with Gasteiger partial charge in [0, 0.05) is 12.1 Å². The van der Waals surface area contributed by atoms with Gasteiger partial charge >= 0.3 is 0 Å². The van der Waals surface area contributed by atoms with Crippen molar-refractivity contribution in [2.24, 2.45) is 0 Å². The standard InChI is InChI=1S/C53H84NO39.C7H8O3S/c55-7-15-39-24(64)32(72)48(80-15)89-41-17(9-57)82-50(34(74)26(41)66)91-43-19(11-59)84-52(36(76)28(43)68)93-45-21(13-61)85-53(37(77)29(45)69)92-44-20(12-60)83-51(35(75)27(44)67)90-42-18(10-58)81-49(33(73)25(42)65)88-40-16(8-56)79-47(31(71)23(40)63)86-38-14(6-54-4-2-1-3-5-54)78-46(87-39)30(70)22(38)62;1-6-2-4-7(5-3-6)11(8,9)10/h1-5,14-53,55-77H,6-13H2;2-5H,1H3,(H,8,9,10)/q+1;/p-1/t14-,15-,16+,17-,18+,19-,20+,21-,22-,23-,24-,25-,26+,27-,28-,29-,30-,31-,32+,33-,34-,35-,36-,37-,38-,39-,40-,41-,42-,43-,44-,45-,46-,47-,48-,49-,50-,51-,52-,53-;/m1./s1. The lowest BCUT2D eigenvalue weighted by Crippen LogP contribution is -2.69. The minimum absolute atomic E-state index is 0.178. The molecular formula is C60H91NO42S. The van der Waals surface area contributed by atoms with Crippen LogP contribution in [-0.2, 0) is 92.5 Å². The van der Waals surface area contributed by atoms with E-state index in [1.807, 2.05) is 6.92 Å². The van der Waals surface area contributed by atoms with Gasteiger partial charge < -0.3 is 198 Å². The van der Waals surface area contributed by atoms with Crippen LogP contribution in [0.5, 0.6) is 0 Å². The summed E-state index contributed by atoms with van der Waals surface area (Å²) in [5, 5.41) is 258. The van der Waals surface area contributed by atoms with Crippen LogP contribution in [0, 0.1) is 6.92 Å². The van der Waals surface area contributed by atoms with E-state index in [-0.39, 0.29) is 11.4 Å². The second kappa shape index (κ2) is 35.8. The summed E-state index contributed by atoms with van der Waals surface area (Å²) in [5.74, 6) is 0. The molecule has 32 rings (SSSR count). The number of aliphatic hydroxyl groups excluding tert-OH is 23. The molecule has 16 bridgehead atoms. The number of rotatable bonds is 10. The van der Waals surface area contributed by atoms with E-state index in [0.29, 0.717) is 0 Å². The third kappa shape index (κ3) is 17.7. The predicted molar refractivity (Wildman–Crippen MR) is 320 cm³/mol. The SMILES string of the molecule is Cc1ccc(S(=O)(=O)[O-])cc1.OC[C@@H]1O[C@@H]2O[C@H]3[C@H](O)[C@@H](O)[C@@H](O[C@H]4[C@H](O)[C@@H](O)[C@@H](O[C@H]5[C@H](O)[C@H](O)[C@@H](O[C@H]6[C@@H](O)[C@@H](O)[C@@H](O[C@H]7[C@H](O)[C@@H](O)[C@@H](O[C@H]8[C@H](O)[C@@H](O)[C@@H](O[C@H]9[C@H](O)[C@@H](O)[C@@H](O[C@H]1[C@H](O)[C@H]2O)O[C@H]9CO)O[C@@H]8CO)O[C@@H]7CO)O[C@@H]6CO)O[C@@H]5CO)O[C@@H]4C[n+]1ccccc1)O[C@H]3CO. The van der Waals surface area contributed by atoms with E-state index in [2.05, 4.69) is 0 Å². The number of nitrogens with zero attached hydrogens (tertiary/aromatic N) is 1. The minimum atomic E-state index is -4.27. The summed E-state index contributed by atoms with van der Waals surface area (Å²) in [5.41, 5.74) is 0.928. The van der Waals surface area contributed by atoms with E-state index in [1.54, 1.807) is 42.7 Å². The highest BCUT2D eigenvalue weighted by molar-refractivity contribution is 7.85. The fourth-order valence-electron chi connectivity index (χ4n) is 13.4. The maximum Gasteiger partial charge on any atom is 0.187 e. The van der Waals surface area contributed by atoms with E-state index in [1.165, 1.54) is 16.7 Å². The Balaban J connectivity index is 0.000000965. The largest absolute Gasteiger partial charge is 0.744 e. The Morgan fingerprint density at radius 3 is 0.654 bits per heavy atom. The van der Waals surface area contributed by atoms with E-state index < -0.39 is 302 Å². The molecule has 40 atom stereocenters. The van der Waals surface area contributed by atoms with Crippen LogP contribution < -0.4 is 4.57 Å². The molecule has 0 spiro atoms. The Labute approximate surface area is 589 Å². The van der Waals surface area contributed by atoms with Crippen molar-refractivity contribution >= 4 is 10.1 Å². The summed E-state index contributed by atoms with van der Waals surface area (Å²) in [7, 11) is -4.27. The molecule has 104 heavy (non-hydrogen) atoms. The molecule has 30 fully saturated rings. The maximum absolute atomic E-state index is 11.8. The molecule has 30 aliphatic rings. The molecule has 1 aromatic heterocycles. The lowest BCUT2D eigenvalue weighted by molar-refractivity contribution is -0.707. The Morgan fingerprint density at radius 2 is 0.471 bits per heavy atom. The van der Waals surface area contributed by atoms with Crippen LogP contribution >= 0.6 is 0 Å². The van der Waals surface area contributed by atoms with Gasteiger partial charge in [-0.2, -0.15) is 0 Å². The summed E-state index contributed by atoms with van der Waals surface area (Å²) >= 11 is 0. The van der Waals surface area contributed by atoms with Crippen molar-refractivity contribution in [3.63, 3.8) is 0 Å². The summed E-state index contributed by atoms with van der Waals surface area (Å²) in [4.78, 5) is -0.178. The first-order valence-electron chi connectivity index (χ1n) is 33.0. The van der Waals surface area contributed by atoms with Crippen LogP contribution in [0.3, 0.4) is 0 Å². The first-order chi connectivity index (χ1) is 49.4. The fraction of sp³-hybridized carbons (Fsp3) is 0.817. The van der Waals surface area contributed by atoms with Crippen molar-refractivity contribution in [3.8, 4) is 0 Å². The number of benzene rings is 1. The molecule has 0 radical (unpaired) electrons. The predicted octanol–water partition coefficient (Wildman–Crippen LogP) is -15.5. The summed E-state index contributed by atoms with van der Waals surface area (Å²) in [6.45, 7) is -5.92. The molecule has 0 unspecified atom stereocenters. The summed E-state index contributed by atoms with van der Waals surface area (Å²) < 4.78 is 126. The number of aliphatic hydroxyl groups is 23. The number of ether oxygens (including phenoxy) is 16. The highest BCUT2D eigenvalue weighted by Crippen LogP contribution is 2.40. The van der Waals surface area contributed by atoms with Gasteiger partial charge in [-0.3, -0.25) is 0 Å². The normalized spacial score (nSPS) is 48.6. The molecular weight excluding hydrogens is 1440 g/mol. The number of aryl methyl sites for hydroxylation is 1. The zero-order valence-corrected chi connectivity index (χ0v) is 55.7. The first-order valence-corrected chi connectivity index (χ1v) is 34.4. The first kappa shape index (κ1) is 83.2. The minimum Gasteiger partial charge on any atom is -0.744 e. The van der Waals surface area contributed by atoms with Gasteiger partial charge in [-0.15, -0.1) is 0 Å². The van der Waals surface area contributed by atoms with Crippen molar-refractivity contribution in [1.29, 1.82) is 0 Å².